The van der Waals surface area contributed by atoms with Crippen LogP contribution in [0.25, 0.3) is 0 Å². The first-order valence-corrected chi connectivity index (χ1v) is 7.82. The van der Waals surface area contributed by atoms with Crippen molar-refractivity contribution in [2.45, 2.75) is 26.0 Å². The molecule has 0 bridgehead atoms. The predicted molar refractivity (Wildman–Crippen MR) is 80.3 cm³/mol. The third kappa shape index (κ3) is 3.74. The lowest BCUT2D eigenvalue weighted by Crippen LogP contribution is -2.44. The second-order valence-corrected chi connectivity index (χ2v) is 6.28. The van der Waals surface area contributed by atoms with Gasteiger partial charge in [0.25, 0.3) is 0 Å². The number of ketones is 1. The van der Waals surface area contributed by atoms with Crippen molar-refractivity contribution in [3.63, 3.8) is 0 Å². The van der Waals surface area contributed by atoms with Crippen LogP contribution in [0.5, 0.6) is 5.75 Å². The van der Waals surface area contributed by atoms with Crippen LogP contribution in [-0.4, -0.2) is 47.9 Å². The molecule has 1 heterocycles. The Hall–Kier alpha value is -1.00. The molecule has 0 amide bonds. The molecule has 0 N–H and O–H groups in total. The van der Waals surface area contributed by atoms with E-state index in [-0.39, 0.29) is 17.9 Å². The van der Waals surface area contributed by atoms with Crippen molar-refractivity contribution in [2.75, 3.05) is 25.1 Å². The Bertz CT molecular complexity index is 430. The van der Waals surface area contributed by atoms with Gasteiger partial charge in [-0.15, -0.1) is 0 Å². The number of nitrogens with zero attached hydrogens (tertiary/aromatic N) is 1. The zero-order valence-electron chi connectivity index (χ0n) is 11.8. The molecule has 4 heteroatoms. The molecular formula is C15H21NO2S. The molecule has 0 aromatic heterocycles. The van der Waals surface area contributed by atoms with Gasteiger partial charge < -0.3 is 4.74 Å². The van der Waals surface area contributed by atoms with Gasteiger partial charge in [0.2, 0.25) is 0 Å². The van der Waals surface area contributed by atoms with Crippen molar-refractivity contribution in [1.29, 1.82) is 0 Å². The number of ether oxygens (including phenoxy) is 1. The Morgan fingerprint density at radius 2 is 2.05 bits per heavy atom. The fourth-order valence-corrected chi connectivity index (χ4v) is 3.34. The maximum atomic E-state index is 12.4. The standard InChI is InChI=1S/C15H21NO2S/c1-11(2)18-13-6-4-12(5-7-13)15(17)14-10-19-9-8-16(14)3/h4-7,11,14H,8-10H2,1-3H3. The smallest absolute Gasteiger partial charge is 0.180 e. The van der Waals surface area contributed by atoms with Gasteiger partial charge in [0.1, 0.15) is 5.75 Å². The highest BCUT2D eigenvalue weighted by Crippen LogP contribution is 2.20. The fourth-order valence-electron chi connectivity index (χ4n) is 2.12. The second-order valence-electron chi connectivity index (χ2n) is 5.13. The molecule has 1 saturated heterocycles. The average molecular weight is 279 g/mol. The van der Waals surface area contributed by atoms with Crippen molar-refractivity contribution in [2.24, 2.45) is 0 Å². The number of carbonyl (C=O) groups is 1. The van der Waals surface area contributed by atoms with E-state index in [4.69, 9.17) is 4.74 Å². The number of hydrogen-bond acceptors (Lipinski definition) is 4. The minimum Gasteiger partial charge on any atom is -0.491 e. The molecule has 0 saturated carbocycles. The van der Waals surface area contributed by atoms with Crippen LogP contribution in [0.3, 0.4) is 0 Å². The highest BCUT2D eigenvalue weighted by atomic mass is 32.2. The first-order valence-electron chi connectivity index (χ1n) is 6.67. The molecule has 0 aliphatic carbocycles. The summed E-state index contributed by atoms with van der Waals surface area (Å²) >= 11 is 1.85. The minimum atomic E-state index is 0.00983. The van der Waals surface area contributed by atoms with Crippen LogP contribution in [0.2, 0.25) is 0 Å². The third-order valence-electron chi connectivity index (χ3n) is 3.21. The molecule has 104 valence electrons. The van der Waals surface area contributed by atoms with Crippen molar-refractivity contribution >= 4 is 17.5 Å². The molecule has 1 aromatic rings. The van der Waals surface area contributed by atoms with E-state index in [1.54, 1.807) is 0 Å². The van der Waals surface area contributed by atoms with Gasteiger partial charge >= 0.3 is 0 Å². The Kier molecular flexibility index (Phi) is 4.88. The lowest BCUT2D eigenvalue weighted by Gasteiger charge is -2.30. The van der Waals surface area contributed by atoms with E-state index >= 15 is 0 Å². The van der Waals surface area contributed by atoms with Gasteiger partial charge in [-0.3, -0.25) is 9.69 Å². The van der Waals surface area contributed by atoms with Crippen molar-refractivity contribution in [3.8, 4) is 5.75 Å². The number of carbonyl (C=O) groups excluding carboxylic acids is 1. The van der Waals surface area contributed by atoms with Gasteiger partial charge in [-0.1, -0.05) is 0 Å². The normalized spacial score (nSPS) is 20.5. The average Bonchev–Trinajstić information content (AvgIpc) is 2.39. The third-order valence-corrected chi connectivity index (χ3v) is 4.23. The Labute approximate surface area is 119 Å². The number of thioether (sulfide) groups is 1. The SMILES string of the molecule is CC(C)Oc1ccc(C(=O)C2CSCCN2C)cc1. The Morgan fingerprint density at radius 1 is 1.37 bits per heavy atom. The van der Waals surface area contributed by atoms with E-state index in [1.807, 2.05) is 56.9 Å². The monoisotopic (exact) mass is 279 g/mol. The second kappa shape index (κ2) is 6.44. The number of hydrogen-bond donors (Lipinski definition) is 0. The zero-order valence-corrected chi connectivity index (χ0v) is 12.6. The summed E-state index contributed by atoms with van der Waals surface area (Å²) in [5.41, 5.74) is 0.774. The molecule has 1 aliphatic heterocycles. The number of benzene rings is 1. The van der Waals surface area contributed by atoms with Gasteiger partial charge in [-0.2, -0.15) is 11.8 Å². The topological polar surface area (TPSA) is 29.5 Å². The van der Waals surface area contributed by atoms with Crippen LogP contribution in [0.15, 0.2) is 24.3 Å². The summed E-state index contributed by atoms with van der Waals surface area (Å²) in [6.45, 7) is 4.97. The summed E-state index contributed by atoms with van der Waals surface area (Å²) in [5, 5.41) is 0. The molecule has 3 nitrogen and oxygen atoms in total. The van der Waals surface area contributed by atoms with Crippen LogP contribution in [-0.2, 0) is 0 Å². The molecule has 19 heavy (non-hydrogen) atoms. The predicted octanol–water partition coefficient (Wildman–Crippen LogP) is 2.70. The van der Waals surface area contributed by atoms with Gasteiger partial charge in [-0.05, 0) is 45.2 Å². The summed E-state index contributed by atoms with van der Waals surface area (Å²) in [4.78, 5) is 14.6. The number of likely N-dealkylation sites (N-methyl/N-ethyl adjacent to an activating group) is 1. The van der Waals surface area contributed by atoms with E-state index < -0.39 is 0 Å². The molecule has 1 aromatic carbocycles. The Morgan fingerprint density at radius 3 is 2.63 bits per heavy atom. The van der Waals surface area contributed by atoms with E-state index in [9.17, 15) is 4.79 Å². The summed E-state index contributed by atoms with van der Waals surface area (Å²) < 4.78 is 5.59. The lowest BCUT2D eigenvalue weighted by atomic mass is 10.0. The summed E-state index contributed by atoms with van der Waals surface area (Å²) in [6.07, 6.45) is 0.155. The minimum absolute atomic E-state index is 0.00983. The van der Waals surface area contributed by atoms with Crippen LogP contribution in [0.1, 0.15) is 24.2 Å². The lowest BCUT2D eigenvalue weighted by molar-refractivity contribution is 0.0874. The highest BCUT2D eigenvalue weighted by molar-refractivity contribution is 7.99. The first-order chi connectivity index (χ1) is 9.08. The summed E-state index contributed by atoms with van der Waals surface area (Å²) in [7, 11) is 2.03. The van der Waals surface area contributed by atoms with Gasteiger partial charge in [0.05, 0.1) is 12.1 Å². The summed E-state index contributed by atoms with van der Waals surface area (Å²) in [5.74, 6) is 3.03. The summed E-state index contributed by atoms with van der Waals surface area (Å²) in [6, 6.07) is 7.50. The maximum Gasteiger partial charge on any atom is 0.180 e. The maximum absolute atomic E-state index is 12.4. The molecule has 2 rings (SSSR count). The number of rotatable bonds is 4. The van der Waals surface area contributed by atoms with Crippen molar-refractivity contribution in [1.82, 2.24) is 4.90 Å². The molecule has 1 aliphatic rings. The van der Waals surface area contributed by atoms with Crippen molar-refractivity contribution < 1.29 is 9.53 Å². The van der Waals surface area contributed by atoms with E-state index in [0.29, 0.717) is 0 Å². The number of Topliss-reactive ketones (excluding diaryl/α,β-unsaturated/α-hetero) is 1. The van der Waals surface area contributed by atoms with E-state index in [1.165, 1.54) is 0 Å². The molecule has 0 spiro atoms. The van der Waals surface area contributed by atoms with Gasteiger partial charge in [-0.25, -0.2) is 0 Å². The van der Waals surface area contributed by atoms with E-state index in [2.05, 4.69) is 4.90 Å². The molecule has 1 fully saturated rings. The van der Waals surface area contributed by atoms with Crippen LogP contribution in [0, 0.1) is 0 Å². The van der Waals surface area contributed by atoms with E-state index in [0.717, 1.165) is 29.4 Å². The zero-order chi connectivity index (χ0) is 13.8. The molecule has 1 unspecified atom stereocenters. The van der Waals surface area contributed by atoms with Crippen LogP contribution in [0.4, 0.5) is 0 Å². The van der Waals surface area contributed by atoms with Crippen LogP contribution < -0.4 is 4.74 Å². The first kappa shape index (κ1) is 14.4. The Balaban J connectivity index is 2.06. The van der Waals surface area contributed by atoms with Gasteiger partial charge in [0, 0.05) is 23.6 Å². The highest BCUT2D eigenvalue weighted by Gasteiger charge is 2.26. The molecule has 1 atom stereocenters. The largest absolute Gasteiger partial charge is 0.491 e. The van der Waals surface area contributed by atoms with Crippen molar-refractivity contribution in [3.05, 3.63) is 29.8 Å². The van der Waals surface area contributed by atoms with Gasteiger partial charge in [0.15, 0.2) is 5.78 Å². The molecule has 0 radical (unpaired) electrons. The molecular weight excluding hydrogens is 258 g/mol. The fraction of sp³-hybridized carbons (Fsp3) is 0.533. The van der Waals surface area contributed by atoms with Crippen LogP contribution >= 0.6 is 11.8 Å². The quantitative estimate of drug-likeness (QED) is 0.793.